The van der Waals surface area contributed by atoms with Crippen LogP contribution in [-0.2, 0) is 8.85 Å². The molecule has 0 saturated heterocycles. The van der Waals surface area contributed by atoms with Crippen LogP contribution in [0.2, 0.25) is 5.54 Å². The molecule has 0 rings (SSSR count). The average Bonchev–Trinajstić information content (AvgIpc) is 2.02. The van der Waals surface area contributed by atoms with Gasteiger partial charge in [0.25, 0.3) is 0 Å². The fourth-order valence-corrected chi connectivity index (χ4v) is 2.62. The predicted molar refractivity (Wildman–Crippen MR) is 62.4 cm³/mol. The molecule has 0 bridgehead atoms. The molecule has 0 N–H and O–H groups in total. The van der Waals surface area contributed by atoms with Gasteiger partial charge in [-0.25, -0.2) is 0 Å². The molecule has 0 heterocycles. The van der Waals surface area contributed by atoms with Crippen LogP contribution in [0.5, 0.6) is 0 Å². The SMILES string of the molecule is CC(C)CO[Si](OCC(C)C)C(C)C. The molecule has 0 saturated carbocycles. The Bertz CT molecular complexity index is 123. The van der Waals surface area contributed by atoms with Crippen molar-refractivity contribution in [2.75, 3.05) is 13.2 Å². The van der Waals surface area contributed by atoms with Crippen LogP contribution in [0.15, 0.2) is 0 Å². The molecule has 14 heavy (non-hydrogen) atoms. The summed E-state index contributed by atoms with van der Waals surface area (Å²) in [5, 5.41) is 0. The second-order valence-electron chi connectivity index (χ2n) is 4.88. The standard InChI is InChI=1S/C11H25O2Si/c1-9(2)7-12-14(11(5)6)13-8-10(3)4/h9-11H,7-8H2,1-6H3. The highest BCUT2D eigenvalue weighted by Gasteiger charge is 2.21. The minimum atomic E-state index is -1.05. The Labute approximate surface area is 90.8 Å². The van der Waals surface area contributed by atoms with E-state index in [0.717, 1.165) is 13.2 Å². The van der Waals surface area contributed by atoms with Crippen molar-refractivity contribution < 1.29 is 8.85 Å². The van der Waals surface area contributed by atoms with E-state index in [1.165, 1.54) is 0 Å². The van der Waals surface area contributed by atoms with Gasteiger partial charge >= 0.3 is 9.28 Å². The van der Waals surface area contributed by atoms with Crippen molar-refractivity contribution in [3.63, 3.8) is 0 Å². The van der Waals surface area contributed by atoms with E-state index in [1.54, 1.807) is 0 Å². The molecule has 0 aliphatic carbocycles. The molecule has 3 heteroatoms. The van der Waals surface area contributed by atoms with E-state index in [-0.39, 0.29) is 0 Å². The lowest BCUT2D eigenvalue weighted by molar-refractivity contribution is 0.158. The molecule has 85 valence electrons. The summed E-state index contributed by atoms with van der Waals surface area (Å²) < 4.78 is 11.6. The van der Waals surface area contributed by atoms with Crippen LogP contribution >= 0.6 is 0 Å². The van der Waals surface area contributed by atoms with Crippen LogP contribution in [0.25, 0.3) is 0 Å². The van der Waals surface area contributed by atoms with E-state index in [2.05, 4.69) is 41.5 Å². The summed E-state index contributed by atoms with van der Waals surface area (Å²) in [5.74, 6) is 1.19. The average molecular weight is 217 g/mol. The van der Waals surface area contributed by atoms with Crippen LogP contribution < -0.4 is 0 Å². The smallest absolute Gasteiger partial charge is 0.387 e. The van der Waals surface area contributed by atoms with Gasteiger partial charge in [0, 0.05) is 13.2 Å². The van der Waals surface area contributed by atoms with Gasteiger partial charge in [0.05, 0.1) is 0 Å². The van der Waals surface area contributed by atoms with Gasteiger partial charge in [0.2, 0.25) is 0 Å². The first kappa shape index (κ1) is 14.1. The third-order valence-corrected chi connectivity index (χ3v) is 3.43. The van der Waals surface area contributed by atoms with Crippen molar-refractivity contribution >= 4 is 9.28 Å². The lowest BCUT2D eigenvalue weighted by Crippen LogP contribution is -2.29. The topological polar surface area (TPSA) is 18.5 Å². The Morgan fingerprint density at radius 2 is 1.14 bits per heavy atom. The Morgan fingerprint density at radius 3 is 1.36 bits per heavy atom. The van der Waals surface area contributed by atoms with Crippen molar-refractivity contribution in [3.8, 4) is 0 Å². The normalized spacial score (nSPS) is 12.4. The summed E-state index contributed by atoms with van der Waals surface area (Å²) in [6.07, 6.45) is 0. The first-order valence-electron chi connectivity index (χ1n) is 5.55. The van der Waals surface area contributed by atoms with Crippen LogP contribution in [0.3, 0.4) is 0 Å². The number of hydrogen-bond donors (Lipinski definition) is 0. The third kappa shape index (κ3) is 7.53. The summed E-state index contributed by atoms with van der Waals surface area (Å²) in [6, 6.07) is 0. The molecule has 0 aliphatic rings. The molecule has 0 aromatic carbocycles. The molecule has 2 nitrogen and oxygen atoms in total. The summed E-state index contributed by atoms with van der Waals surface area (Å²) in [4.78, 5) is 0. The molecule has 0 amide bonds. The highest BCUT2D eigenvalue weighted by Crippen LogP contribution is 2.12. The maximum absolute atomic E-state index is 5.80. The summed E-state index contributed by atoms with van der Waals surface area (Å²) in [5.41, 5.74) is 0.525. The molecular weight excluding hydrogens is 192 g/mol. The zero-order valence-corrected chi connectivity index (χ0v) is 11.5. The second-order valence-corrected chi connectivity index (χ2v) is 7.25. The van der Waals surface area contributed by atoms with Crippen LogP contribution in [0.4, 0.5) is 0 Å². The predicted octanol–water partition coefficient (Wildman–Crippen LogP) is 3.23. The third-order valence-electron chi connectivity index (χ3n) is 1.59. The molecule has 0 spiro atoms. The zero-order chi connectivity index (χ0) is 11.1. The van der Waals surface area contributed by atoms with Gasteiger partial charge in [0.1, 0.15) is 0 Å². The van der Waals surface area contributed by atoms with E-state index < -0.39 is 9.28 Å². The van der Waals surface area contributed by atoms with Gasteiger partial charge in [-0.15, -0.1) is 0 Å². The van der Waals surface area contributed by atoms with E-state index in [9.17, 15) is 0 Å². The number of rotatable bonds is 7. The van der Waals surface area contributed by atoms with Crippen molar-refractivity contribution in [1.82, 2.24) is 0 Å². The van der Waals surface area contributed by atoms with Gasteiger partial charge in [-0.05, 0) is 17.4 Å². The Balaban J connectivity index is 3.78. The lowest BCUT2D eigenvalue weighted by Gasteiger charge is -2.20. The van der Waals surface area contributed by atoms with E-state index in [0.29, 0.717) is 17.4 Å². The summed E-state index contributed by atoms with van der Waals surface area (Å²) in [6.45, 7) is 14.7. The quantitative estimate of drug-likeness (QED) is 0.610. The lowest BCUT2D eigenvalue weighted by atomic mass is 10.2. The largest absolute Gasteiger partial charge is 0.393 e. The fraction of sp³-hybridized carbons (Fsp3) is 1.00. The molecule has 0 aromatic heterocycles. The van der Waals surface area contributed by atoms with Crippen LogP contribution in [0.1, 0.15) is 41.5 Å². The van der Waals surface area contributed by atoms with Gasteiger partial charge in [0.15, 0.2) is 0 Å². The molecule has 0 unspecified atom stereocenters. The highest BCUT2D eigenvalue weighted by molar-refractivity contribution is 6.46. The second kappa shape index (κ2) is 7.43. The van der Waals surface area contributed by atoms with E-state index in [1.807, 2.05) is 0 Å². The van der Waals surface area contributed by atoms with Crippen molar-refractivity contribution in [2.45, 2.75) is 47.1 Å². The molecule has 0 fully saturated rings. The van der Waals surface area contributed by atoms with Crippen molar-refractivity contribution in [1.29, 1.82) is 0 Å². The molecule has 0 aliphatic heterocycles. The maximum atomic E-state index is 5.80. The maximum Gasteiger partial charge on any atom is 0.387 e. The van der Waals surface area contributed by atoms with E-state index >= 15 is 0 Å². The highest BCUT2D eigenvalue weighted by atomic mass is 28.3. The van der Waals surface area contributed by atoms with Gasteiger partial charge in [-0.3, -0.25) is 0 Å². The van der Waals surface area contributed by atoms with Crippen molar-refractivity contribution in [3.05, 3.63) is 0 Å². The first-order chi connectivity index (χ1) is 6.43. The Morgan fingerprint density at radius 1 is 0.786 bits per heavy atom. The Kier molecular flexibility index (Phi) is 7.50. The molecule has 0 atom stereocenters. The first-order valence-corrected chi connectivity index (χ1v) is 6.95. The molecule has 0 aromatic rings. The minimum absolute atomic E-state index is 0.525. The van der Waals surface area contributed by atoms with Gasteiger partial charge < -0.3 is 8.85 Å². The zero-order valence-electron chi connectivity index (χ0n) is 10.5. The van der Waals surface area contributed by atoms with Crippen LogP contribution in [0, 0.1) is 11.8 Å². The van der Waals surface area contributed by atoms with Gasteiger partial charge in [-0.2, -0.15) is 0 Å². The number of hydrogen-bond acceptors (Lipinski definition) is 2. The Hall–Kier alpha value is 0.137. The molecule has 1 radical (unpaired) electrons. The summed E-state index contributed by atoms with van der Waals surface area (Å²) >= 11 is 0. The fourth-order valence-electron chi connectivity index (χ4n) is 0.873. The van der Waals surface area contributed by atoms with Crippen molar-refractivity contribution in [2.24, 2.45) is 11.8 Å². The monoisotopic (exact) mass is 217 g/mol. The van der Waals surface area contributed by atoms with Gasteiger partial charge in [-0.1, -0.05) is 41.5 Å². The van der Waals surface area contributed by atoms with E-state index in [4.69, 9.17) is 8.85 Å². The van der Waals surface area contributed by atoms with Crippen LogP contribution in [-0.4, -0.2) is 22.5 Å². The minimum Gasteiger partial charge on any atom is -0.393 e. The summed E-state index contributed by atoms with van der Waals surface area (Å²) in [7, 11) is -1.05. The molecular formula is C11H25O2Si.